The summed E-state index contributed by atoms with van der Waals surface area (Å²) in [6, 6.07) is 10.1. The van der Waals surface area contributed by atoms with E-state index >= 15 is 0 Å². The van der Waals surface area contributed by atoms with Gasteiger partial charge >= 0.3 is 6.18 Å². The monoisotopic (exact) mass is 374 g/mol. The zero-order chi connectivity index (χ0) is 15.6. The Morgan fingerprint density at radius 2 is 1.81 bits per heavy atom. The fourth-order valence-electron chi connectivity index (χ4n) is 1.81. The van der Waals surface area contributed by atoms with Crippen LogP contribution in [-0.2, 0) is 6.18 Å². The van der Waals surface area contributed by atoms with E-state index < -0.39 is 11.7 Å². The Hall–Kier alpha value is -1.60. The molecule has 0 atom stereocenters. The topological polar surface area (TPSA) is 38.0 Å². The lowest BCUT2D eigenvalue weighted by molar-refractivity contribution is -0.137. The summed E-state index contributed by atoms with van der Waals surface area (Å²) in [6.07, 6.45) is -4.39. The van der Waals surface area contributed by atoms with Crippen LogP contribution in [0.3, 0.4) is 0 Å². The smallest absolute Gasteiger partial charge is 0.389 e. The molecule has 2 aromatic carbocycles. The molecular formula is C14H10BrF3N2S. The lowest BCUT2D eigenvalue weighted by Crippen LogP contribution is -2.13. The molecule has 0 aliphatic heterocycles. The van der Waals surface area contributed by atoms with E-state index in [0.717, 1.165) is 12.1 Å². The second-order valence-corrected chi connectivity index (χ2v) is 5.52. The van der Waals surface area contributed by atoms with Crippen LogP contribution in [0.4, 0.5) is 24.5 Å². The molecule has 0 aromatic heterocycles. The highest BCUT2D eigenvalue weighted by atomic mass is 79.9. The van der Waals surface area contributed by atoms with Crippen molar-refractivity contribution in [1.82, 2.24) is 0 Å². The van der Waals surface area contributed by atoms with Gasteiger partial charge in [-0.15, -0.1) is 0 Å². The Bertz CT molecular complexity index is 686. The summed E-state index contributed by atoms with van der Waals surface area (Å²) in [5.74, 6) is 0. The summed E-state index contributed by atoms with van der Waals surface area (Å²) in [4.78, 5) is 0.150. The summed E-state index contributed by atoms with van der Waals surface area (Å²) in [5, 5.41) is 2.91. The van der Waals surface area contributed by atoms with Gasteiger partial charge in [-0.1, -0.05) is 24.4 Å². The third-order valence-corrected chi connectivity index (χ3v) is 3.59. The molecule has 2 aromatic rings. The molecule has 21 heavy (non-hydrogen) atoms. The minimum Gasteiger partial charge on any atom is -0.389 e. The third kappa shape index (κ3) is 3.74. The van der Waals surface area contributed by atoms with E-state index in [-0.39, 0.29) is 4.99 Å². The number of benzene rings is 2. The molecule has 0 fully saturated rings. The number of hydrogen-bond donors (Lipinski definition) is 2. The molecule has 0 radical (unpaired) electrons. The van der Waals surface area contributed by atoms with E-state index in [2.05, 4.69) is 21.2 Å². The Kier molecular flexibility index (Phi) is 4.53. The molecule has 0 bridgehead atoms. The third-order valence-electron chi connectivity index (χ3n) is 2.73. The summed E-state index contributed by atoms with van der Waals surface area (Å²) in [5.41, 5.74) is 6.32. The van der Waals surface area contributed by atoms with E-state index in [1.54, 1.807) is 24.3 Å². The highest BCUT2D eigenvalue weighted by Crippen LogP contribution is 2.32. The average Bonchev–Trinajstić information content (AvgIpc) is 2.37. The lowest BCUT2D eigenvalue weighted by Gasteiger charge is -2.14. The Morgan fingerprint density at radius 3 is 2.43 bits per heavy atom. The average molecular weight is 375 g/mol. The van der Waals surface area contributed by atoms with Gasteiger partial charge in [-0.25, -0.2) is 0 Å². The number of rotatable bonds is 3. The lowest BCUT2D eigenvalue weighted by atomic mass is 10.1. The molecule has 0 amide bonds. The number of hydrogen-bond acceptors (Lipinski definition) is 2. The molecule has 7 heteroatoms. The van der Waals surface area contributed by atoms with Crippen LogP contribution >= 0.6 is 28.1 Å². The molecule has 0 saturated carbocycles. The number of alkyl halides is 3. The van der Waals surface area contributed by atoms with Crippen molar-refractivity contribution in [3.05, 3.63) is 58.1 Å². The molecule has 0 aliphatic carbocycles. The van der Waals surface area contributed by atoms with Crippen LogP contribution in [0, 0.1) is 0 Å². The van der Waals surface area contributed by atoms with Crippen LogP contribution in [0.1, 0.15) is 11.1 Å². The largest absolute Gasteiger partial charge is 0.416 e. The minimum absolute atomic E-state index is 0.150. The molecule has 2 rings (SSSR count). The van der Waals surface area contributed by atoms with E-state index in [1.165, 1.54) is 6.07 Å². The molecule has 0 spiro atoms. The first-order valence-corrected chi connectivity index (χ1v) is 7.02. The van der Waals surface area contributed by atoms with E-state index in [0.29, 0.717) is 21.4 Å². The number of nitrogens with one attached hydrogen (secondary N) is 1. The van der Waals surface area contributed by atoms with Crippen molar-refractivity contribution in [3.8, 4) is 0 Å². The zero-order valence-electron chi connectivity index (χ0n) is 10.5. The number of halogens is 4. The standard InChI is InChI=1S/C14H10BrF3N2S/c15-10-5-2-6-11(12(10)13(19)21)20-9-4-1-3-8(7-9)14(16,17)18/h1-7,20H,(H2,19,21). The van der Waals surface area contributed by atoms with E-state index in [4.69, 9.17) is 18.0 Å². The van der Waals surface area contributed by atoms with Crippen LogP contribution in [0.25, 0.3) is 0 Å². The maximum atomic E-state index is 12.7. The predicted octanol–water partition coefficient (Wildman–Crippen LogP) is 4.85. The molecule has 3 N–H and O–H groups in total. The first-order valence-electron chi connectivity index (χ1n) is 5.81. The van der Waals surface area contributed by atoms with Crippen LogP contribution in [0.15, 0.2) is 46.9 Å². The van der Waals surface area contributed by atoms with Crippen molar-refractivity contribution in [2.75, 3.05) is 5.32 Å². The first kappa shape index (κ1) is 15.8. The Balaban J connectivity index is 2.40. The van der Waals surface area contributed by atoms with Crippen molar-refractivity contribution >= 4 is 44.5 Å². The maximum Gasteiger partial charge on any atom is 0.416 e. The van der Waals surface area contributed by atoms with Gasteiger partial charge in [-0.3, -0.25) is 0 Å². The van der Waals surface area contributed by atoms with E-state index in [9.17, 15) is 13.2 Å². The number of nitrogens with two attached hydrogens (primary N) is 1. The van der Waals surface area contributed by atoms with Crippen molar-refractivity contribution in [2.45, 2.75) is 6.18 Å². The van der Waals surface area contributed by atoms with Gasteiger partial charge in [0, 0.05) is 21.4 Å². The van der Waals surface area contributed by atoms with Crippen LogP contribution in [-0.4, -0.2) is 4.99 Å². The van der Waals surface area contributed by atoms with Gasteiger partial charge in [-0.05, 0) is 46.3 Å². The van der Waals surface area contributed by atoms with Gasteiger partial charge in [0.15, 0.2) is 0 Å². The highest BCUT2D eigenvalue weighted by molar-refractivity contribution is 9.10. The van der Waals surface area contributed by atoms with Crippen molar-refractivity contribution in [1.29, 1.82) is 0 Å². The van der Waals surface area contributed by atoms with Crippen molar-refractivity contribution in [2.24, 2.45) is 5.73 Å². The molecule has 0 unspecified atom stereocenters. The van der Waals surface area contributed by atoms with Crippen LogP contribution in [0.5, 0.6) is 0 Å². The highest BCUT2D eigenvalue weighted by Gasteiger charge is 2.30. The molecule has 0 heterocycles. The number of anilines is 2. The van der Waals surface area contributed by atoms with Gasteiger partial charge in [0.2, 0.25) is 0 Å². The second-order valence-electron chi connectivity index (χ2n) is 4.23. The van der Waals surface area contributed by atoms with E-state index in [1.807, 2.05) is 0 Å². The fourth-order valence-corrected chi connectivity index (χ4v) is 2.74. The van der Waals surface area contributed by atoms with Crippen LogP contribution in [0.2, 0.25) is 0 Å². The zero-order valence-corrected chi connectivity index (χ0v) is 12.9. The molecular weight excluding hydrogens is 365 g/mol. The Labute approximate surface area is 133 Å². The molecule has 0 saturated heterocycles. The van der Waals surface area contributed by atoms with Gasteiger partial charge in [0.05, 0.1) is 5.56 Å². The van der Waals surface area contributed by atoms with Crippen molar-refractivity contribution in [3.63, 3.8) is 0 Å². The van der Waals surface area contributed by atoms with Gasteiger partial charge < -0.3 is 11.1 Å². The fraction of sp³-hybridized carbons (Fsp3) is 0.0714. The minimum atomic E-state index is -4.39. The van der Waals surface area contributed by atoms with Crippen LogP contribution < -0.4 is 11.1 Å². The summed E-state index contributed by atoms with van der Waals surface area (Å²) in [6.45, 7) is 0. The Morgan fingerprint density at radius 1 is 1.14 bits per heavy atom. The predicted molar refractivity (Wildman–Crippen MR) is 84.8 cm³/mol. The van der Waals surface area contributed by atoms with Gasteiger partial charge in [0.25, 0.3) is 0 Å². The van der Waals surface area contributed by atoms with Crippen molar-refractivity contribution < 1.29 is 13.2 Å². The summed E-state index contributed by atoms with van der Waals surface area (Å²) < 4.78 is 38.8. The van der Waals surface area contributed by atoms with Gasteiger partial charge in [0.1, 0.15) is 4.99 Å². The summed E-state index contributed by atoms with van der Waals surface area (Å²) >= 11 is 8.29. The van der Waals surface area contributed by atoms with Gasteiger partial charge in [-0.2, -0.15) is 13.2 Å². The maximum absolute atomic E-state index is 12.7. The second kappa shape index (κ2) is 6.03. The SMILES string of the molecule is NC(=S)c1c(Br)cccc1Nc1cccc(C(F)(F)F)c1. The summed E-state index contributed by atoms with van der Waals surface area (Å²) in [7, 11) is 0. The normalized spacial score (nSPS) is 11.2. The molecule has 110 valence electrons. The first-order chi connectivity index (χ1) is 9.79. The number of thiocarbonyl (C=S) groups is 1. The molecule has 2 nitrogen and oxygen atoms in total. The quantitative estimate of drug-likeness (QED) is 0.754. The molecule has 0 aliphatic rings.